The van der Waals surface area contributed by atoms with E-state index < -0.39 is 0 Å². The van der Waals surface area contributed by atoms with Crippen LogP contribution >= 0.6 is 11.8 Å². The Bertz CT molecular complexity index is 582. The van der Waals surface area contributed by atoms with Gasteiger partial charge in [-0.3, -0.25) is 0 Å². The molecule has 1 heterocycles. The maximum absolute atomic E-state index is 13.5. The molecule has 18 heavy (non-hydrogen) atoms. The Labute approximate surface area is 110 Å². The largest absolute Gasteiger partial charge is 0.377 e. The van der Waals surface area contributed by atoms with E-state index in [1.807, 2.05) is 24.8 Å². The zero-order valence-electron chi connectivity index (χ0n) is 10.1. The molecule has 0 radical (unpaired) electrons. The number of halogens is 1. The molecule has 0 aromatic heterocycles. The smallest absolute Gasteiger partial charge is 0.128 e. The van der Waals surface area contributed by atoms with Gasteiger partial charge in [0.2, 0.25) is 0 Å². The Morgan fingerprint density at radius 3 is 2.89 bits per heavy atom. The number of anilines is 1. The van der Waals surface area contributed by atoms with Crippen molar-refractivity contribution in [3.8, 4) is 0 Å². The Balaban J connectivity index is 1.89. The summed E-state index contributed by atoms with van der Waals surface area (Å²) in [6.45, 7) is 1.81. The van der Waals surface area contributed by atoms with Crippen molar-refractivity contribution in [2.24, 2.45) is 0 Å². The molecule has 0 bridgehead atoms. The van der Waals surface area contributed by atoms with Crippen molar-refractivity contribution in [1.82, 2.24) is 0 Å². The fourth-order valence-corrected chi connectivity index (χ4v) is 3.39. The van der Waals surface area contributed by atoms with E-state index in [2.05, 4.69) is 29.6 Å². The molecule has 0 spiro atoms. The van der Waals surface area contributed by atoms with E-state index in [-0.39, 0.29) is 11.9 Å². The van der Waals surface area contributed by atoms with E-state index in [1.54, 1.807) is 6.07 Å². The van der Waals surface area contributed by atoms with E-state index in [1.165, 1.54) is 16.5 Å². The van der Waals surface area contributed by atoms with Crippen LogP contribution in [-0.2, 0) is 0 Å². The molecule has 0 saturated heterocycles. The number of nitrogens with one attached hydrogen (secondary N) is 1. The highest BCUT2D eigenvalue weighted by Crippen LogP contribution is 2.39. The molecule has 0 fully saturated rings. The Kier molecular flexibility index (Phi) is 3.00. The van der Waals surface area contributed by atoms with Gasteiger partial charge < -0.3 is 5.32 Å². The summed E-state index contributed by atoms with van der Waals surface area (Å²) in [6, 6.07) is 13.8. The number of fused-ring (bicyclic) bond motifs is 1. The van der Waals surface area contributed by atoms with Crippen LogP contribution in [0.3, 0.4) is 0 Å². The molecular formula is C15H14FNS. The van der Waals surface area contributed by atoms with Crippen LogP contribution in [0.25, 0.3) is 0 Å². The number of thioether (sulfide) groups is 1. The van der Waals surface area contributed by atoms with Crippen LogP contribution in [0.4, 0.5) is 10.1 Å². The lowest BCUT2D eigenvalue weighted by atomic mass is 10.1. The molecule has 1 atom stereocenters. The summed E-state index contributed by atoms with van der Waals surface area (Å²) in [7, 11) is 0. The van der Waals surface area contributed by atoms with Gasteiger partial charge in [-0.2, -0.15) is 0 Å². The first-order valence-electron chi connectivity index (χ1n) is 5.99. The van der Waals surface area contributed by atoms with Crippen LogP contribution < -0.4 is 5.32 Å². The Morgan fingerprint density at radius 2 is 2.00 bits per heavy atom. The zero-order chi connectivity index (χ0) is 12.5. The van der Waals surface area contributed by atoms with Crippen molar-refractivity contribution in [1.29, 1.82) is 0 Å². The highest BCUT2D eigenvalue weighted by Gasteiger charge is 2.22. The van der Waals surface area contributed by atoms with Gasteiger partial charge in [0.15, 0.2) is 0 Å². The van der Waals surface area contributed by atoms with Crippen LogP contribution in [0.15, 0.2) is 47.4 Å². The van der Waals surface area contributed by atoms with Gasteiger partial charge in [0.05, 0.1) is 6.04 Å². The highest BCUT2D eigenvalue weighted by atomic mass is 32.2. The van der Waals surface area contributed by atoms with Gasteiger partial charge in [-0.1, -0.05) is 24.3 Å². The first kappa shape index (κ1) is 11.6. The SMILES string of the molecule is Cc1c(F)cccc1NC1CSc2ccccc21. The third kappa shape index (κ3) is 1.99. The molecule has 2 aromatic carbocycles. The van der Waals surface area contributed by atoms with Crippen molar-refractivity contribution < 1.29 is 4.39 Å². The van der Waals surface area contributed by atoms with Crippen LogP contribution in [0.2, 0.25) is 0 Å². The summed E-state index contributed by atoms with van der Waals surface area (Å²) in [4.78, 5) is 1.32. The summed E-state index contributed by atoms with van der Waals surface area (Å²) in [5.74, 6) is 0.842. The lowest BCUT2D eigenvalue weighted by Crippen LogP contribution is -2.11. The molecule has 92 valence electrons. The van der Waals surface area contributed by atoms with Gasteiger partial charge in [-0.05, 0) is 30.7 Å². The van der Waals surface area contributed by atoms with Gasteiger partial charge in [-0.15, -0.1) is 11.8 Å². The van der Waals surface area contributed by atoms with Crippen LogP contribution in [-0.4, -0.2) is 5.75 Å². The summed E-state index contributed by atoms with van der Waals surface area (Å²) < 4.78 is 13.5. The maximum Gasteiger partial charge on any atom is 0.128 e. The molecule has 1 N–H and O–H groups in total. The molecule has 1 unspecified atom stereocenters. The van der Waals surface area contributed by atoms with Gasteiger partial charge in [-0.25, -0.2) is 4.39 Å². The van der Waals surface area contributed by atoms with Crippen molar-refractivity contribution in [2.75, 3.05) is 11.1 Å². The molecule has 0 aliphatic carbocycles. The van der Waals surface area contributed by atoms with Crippen molar-refractivity contribution in [3.63, 3.8) is 0 Å². The molecule has 1 aliphatic rings. The fourth-order valence-electron chi connectivity index (χ4n) is 2.23. The second-order valence-electron chi connectivity index (χ2n) is 4.46. The van der Waals surface area contributed by atoms with E-state index in [9.17, 15) is 4.39 Å². The highest BCUT2D eigenvalue weighted by molar-refractivity contribution is 7.99. The minimum atomic E-state index is -0.154. The first-order chi connectivity index (χ1) is 8.75. The lowest BCUT2D eigenvalue weighted by molar-refractivity contribution is 0.618. The summed E-state index contributed by atoms with van der Waals surface area (Å²) >= 11 is 1.85. The van der Waals surface area contributed by atoms with E-state index in [0.29, 0.717) is 5.56 Å². The third-order valence-electron chi connectivity index (χ3n) is 3.30. The van der Waals surface area contributed by atoms with Crippen LogP contribution in [0.5, 0.6) is 0 Å². The fraction of sp³-hybridized carbons (Fsp3) is 0.200. The predicted molar refractivity (Wildman–Crippen MR) is 74.7 cm³/mol. The number of rotatable bonds is 2. The summed E-state index contributed by atoms with van der Waals surface area (Å²) in [6.07, 6.45) is 0. The number of hydrogen-bond donors (Lipinski definition) is 1. The quantitative estimate of drug-likeness (QED) is 0.858. The van der Waals surface area contributed by atoms with E-state index in [4.69, 9.17) is 0 Å². The second-order valence-corrected chi connectivity index (χ2v) is 5.52. The zero-order valence-corrected chi connectivity index (χ0v) is 10.9. The maximum atomic E-state index is 13.5. The van der Waals surface area contributed by atoms with E-state index in [0.717, 1.165) is 11.4 Å². The molecule has 3 heteroatoms. The third-order valence-corrected chi connectivity index (χ3v) is 4.48. The molecule has 1 nitrogen and oxygen atoms in total. The minimum absolute atomic E-state index is 0.154. The molecule has 0 saturated carbocycles. The lowest BCUT2D eigenvalue weighted by Gasteiger charge is -2.16. The van der Waals surface area contributed by atoms with E-state index >= 15 is 0 Å². The molecule has 0 amide bonds. The standard InChI is InChI=1S/C15H14FNS/c1-10-12(16)6-4-7-13(10)17-14-9-18-15-8-3-2-5-11(14)15/h2-8,14,17H,9H2,1H3. The van der Waals surface area contributed by atoms with Crippen LogP contribution in [0, 0.1) is 12.7 Å². The van der Waals surface area contributed by atoms with Gasteiger partial charge in [0.1, 0.15) is 5.82 Å². The predicted octanol–water partition coefficient (Wildman–Crippen LogP) is 4.39. The Morgan fingerprint density at radius 1 is 1.17 bits per heavy atom. The number of benzene rings is 2. The topological polar surface area (TPSA) is 12.0 Å². The van der Waals surface area contributed by atoms with Gasteiger partial charge in [0, 0.05) is 21.9 Å². The second kappa shape index (κ2) is 4.65. The molecule has 2 aromatic rings. The molecular weight excluding hydrogens is 245 g/mol. The van der Waals surface area contributed by atoms with Gasteiger partial charge >= 0.3 is 0 Å². The average Bonchev–Trinajstić information content (AvgIpc) is 2.79. The summed E-state index contributed by atoms with van der Waals surface area (Å²) in [5.41, 5.74) is 2.88. The van der Waals surface area contributed by atoms with Crippen molar-refractivity contribution >= 4 is 17.4 Å². The Hall–Kier alpha value is -1.48. The molecule has 3 rings (SSSR count). The first-order valence-corrected chi connectivity index (χ1v) is 6.97. The van der Waals surface area contributed by atoms with Crippen molar-refractivity contribution in [3.05, 3.63) is 59.4 Å². The van der Waals surface area contributed by atoms with Gasteiger partial charge in [0.25, 0.3) is 0 Å². The monoisotopic (exact) mass is 259 g/mol. The van der Waals surface area contributed by atoms with Crippen LogP contribution in [0.1, 0.15) is 17.2 Å². The number of hydrogen-bond acceptors (Lipinski definition) is 2. The molecule has 1 aliphatic heterocycles. The average molecular weight is 259 g/mol. The normalized spacial score (nSPS) is 17.6. The minimum Gasteiger partial charge on any atom is -0.377 e. The van der Waals surface area contributed by atoms with Crippen molar-refractivity contribution in [2.45, 2.75) is 17.9 Å². The summed E-state index contributed by atoms with van der Waals surface area (Å²) in [5, 5.41) is 3.45.